The fourth-order valence-electron chi connectivity index (χ4n) is 2.86. The van der Waals surface area contributed by atoms with Crippen molar-refractivity contribution < 1.29 is 13.2 Å². The van der Waals surface area contributed by atoms with Crippen molar-refractivity contribution in [1.29, 1.82) is 0 Å². The maximum absolute atomic E-state index is 12.6. The normalized spacial score (nSPS) is 11.8. The highest BCUT2D eigenvalue weighted by Gasteiger charge is 2.25. The van der Waals surface area contributed by atoms with Gasteiger partial charge in [-0.3, -0.25) is 9.59 Å². The number of thiophene rings is 1. The van der Waals surface area contributed by atoms with E-state index in [1.54, 1.807) is 24.3 Å². The molecule has 2 N–H and O–H groups in total. The van der Waals surface area contributed by atoms with Crippen LogP contribution in [0.4, 0.5) is 5.69 Å². The summed E-state index contributed by atoms with van der Waals surface area (Å²) in [5.41, 5.74) is 0.835. The quantitative estimate of drug-likeness (QED) is 0.436. The molecule has 3 aromatic heterocycles. The Hall–Kier alpha value is -3.06. The molecule has 10 nitrogen and oxygen atoms in total. The van der Waals surface area contributed by atoms with Crippen LogP contribution in [0.15, 0.2) is 57.9 Å². The van der Waals surface area contributed by atoms with E-state index in [4.69, 9.17) is 11.6 Å². The monoisotopic (exact) mass is 478 g/mol. The molecule has 1 amide bonds. The number of benzene rings is 1. The minimum atomic E-state index is -3.85. The van der Waals surface area contributed by atoms with Gasteiger partial charge in [0.15, 0.2) is 5.65 Å². The molecule has 0 spiro atoms. The average molecular weight is 479 g/mol. The summed E-state index contributed by atoms with van der Waals surface area (Å²) in [6.07, 6.45) is 2.65. The second-order valence-corrected chi connectivity index (χ2v) is 10.4. The van der Waals surface area contributed by atoms with E-state index >= 15 is 0 Å². The van der Waals surface area contributed by atoms with Crippen LogP contribution in [0.2, 0.25) is 4.34 Å². The fourth-order valence-corrected chi connectivity index (χ4v) is 5.68. The zero-order chi connectivity index (χ0) is 22.2. The number of amides is 1. The first-order chi connectivity index (χ1) is 14.8. The summed E-state index contributed by atoms with van der Waals surface area (Å²) >= 11 is 6.74. The predicted molar refractivity (Wildman–Crippen MR) is 117 cm³/mol. The number of likely N-dealkylation sites (N-methyl/N-ethyl adjacent to an activating group) is 1. The number of aromatic nitrogens is 4. The van der Waals surface area contributed by atoms with Gasteiger partial charge in [0.25, 0.3) is 15.6 Å². The van der Waals surface area contributed by atoms with Crippen molar-refractivity contribution in [3.8, 4) is 5.69 Å². The number of hydrogen-bond donors (Lipinski definition) is 2. The van der Waals surface area contributed by atoms with Gasteiger partial charge in [-0.25, -0.2) is 18.1 Å². The van der Waals surface area contributed by atoms with Gasteiger partial charge in [0.05, 0.1) is 34.8 Å². The van der Waals surface area contributed by atoms with Gasteiger partial charge in [0.1, 0.15) is 9.60 Å². The minimum Gasteiger partial charge on any atom is -0.323 e. The molecule has 0 saturated heterocycles. The van der Waals surface area contributed by atoms with E-state index in [2.05, 4.69) is 20.4 Å². The molecule has 0 unspecified atom stereocenters. The summed E-state index contributed by atoms with van der Waals surface area (Å²) < 4.78 is 28.0. The number of sulfonamides is 1. The molecule has 1 aromatic carbocycles. The van der Waals surface area contributed by atoms with Crippen molar-refractivity contribution in [1.82, 2.24) is 24.1 Å². The SMILES string of the molecule is CN(CC(=O)Nc1ccccc1-n1ncc2c(=O)[nH]cnc21)S(=O)(=O)c1ccc(Cl)s1. The summed E-state index contributed by atoms with van der Waals surface area (Å²) in [5.74, 6) is -0.552. The van der Waals surface area contributed by atoms with Gasteiger partial charge in [-0.05, 0) is 24.3 Å². The summed E-state index contributed by atoms with van der Waals surface area (Å²) in [6, 6.07) is 9.66. The van der Waals surface area contributed by atoms with E-state index in [0.29, 0.717) is 26.7 Å². The van der Waals surface area contributed by atoms with Crippen molar-refractivity contribution in [3.05, 3.63) is 63.6 Å². The van der Waals surface area contributed by atoms with Crippen molar-refractivity contribution in [2.75, 3.05) is 18.9 Å². The van der Waals surface area contributed by atoms with Crippen LogP contribution >= 0.6 is 22.9 Å². The molecule has 0 saturated carbocycles. The lowest BCUT2D eigenvalue weighted by molar-refractivity contribution is -0.116. The molecular weight excluding hydrogens is 464 g/mol. The maximum atomic E-state index is 12.6. The molecule has 4 rings (SSSR count). The van der Waals surface area contributed by atoms with E-state index in [0.717, 1.165) is 15.6 Å². The van der Waals surface area contributed by atoms with Crippen LogP contribution in [-0.4, -0.2) is 52.0 Å². The van der Waals surface area contributed by atoms with Crippen LogP contribution in [-0.2, 0) is 14.8 Å². The molecule has 0 radical (unpaired) electrons. The Kier molecular flexibility index (Phi) is 5.62. The van der Waals surface area contributed by atoms with Crippen molar-refractivity contribution >= 4 is 55.6 Å². The fraction of sp³-hybridized carbons (Fsp3) is 0.111. The molecule has 31 heavy (non-hydrogen) atoms. The number of fused-ring (bicyclic) bond motifs is 1. The first kappa shape index (κ1) is 21.2. The van der Waals surface area contributed by atoms with E-state index in [9.17, 15) is 18.0 Å². The summed E-state index contributed by atoms with van der Waals surface area (Å²) in [7, 11) is -2.54. The number of aromatic amines is 1. The summed E-state index contributed by atoms with van der Waals surface area (Å²) in [5, 5.41) is 7.19. The molecule has 0 bridgehead atoms. The van der Waals surface area contributed by atoms with Crippen LogP contribution in [0.3, 0.4) is 0 Å². The highest BCUT2D eigenvalue weighted by atomic mass is 35.5. The lowest BCUT2D eigenvalue weighted by Gasteiger charge is -2.17. The number of H-pyrrole nitrogens is 1. The summed E-state index contributed by atoms with van der Waals surface area (Å²) in [4.78, 5) is 31.2. The smallest absolute Gasteiger partial charge is 0.261 e. The third-order valence-corrected chi connectivity index (χ3v) is 7.86. The van der Waals surface area contributed by atoms with Gasteiger partial charge in [0, 0.05) is 7.05 Å². The lowest BCUT2D eigenvalue weighted by Crippen LogP contribution is -2.34. The highest BCUT2D eigenvalue weighted by molar-refractivity contribution is 7.91. The maximum Gasteiger partial charge on any atom is 0.261 e. The molecule has 0 aliphatic carbocycles. The van der Waals surface area contributed by atoms with Gasteiger partial charge in [-0.2, -0.15) is 9.40 Å². The number of para-hydroxylation sites is 2. The van der Waals surface area contributed by atoms with Gasteiger partial charge in [-0.1, -0.05) is 23.7 Å². The van der Waals surface area contributed by atoms with E-state index in [1.807, 2.05) is 0 Å². The largest absolute Gasteiger partial charge is 0.323 e. The number of halogens is 1. The Labute approximate surface area is 185 Å². The van der Waals surface area contributed by atoms with Crippen molar-refractivity contribution in [2.45, 2.75) is 4.21 Å². The topological polar surface area (TPSA) is 130 Å². The number of carbonyl (C=O) groups excluding carboxylic acids is 1. The second-order valence-electron chi connectivity index (χ2n) is 6.41. The molecule has 0 aliphatic heterocycles. The molecule has 0 aliphatic rings. The molecule has 160 valence electrons. The van der Waals surface area contributed by atoms with E-state index in [1.165, 1.54) is 36.4 Å². The van der Waals surface area contributed by atoms with E-state index in [-0.39, 0.29) is 9.77 Å². The van der Waals surface area contributed by atoms with Gasteiger partial charge < -0.3 is 10.3 Å². The number of rotatable bonds is 6. The first-order valence-electron chi connectivity index (χ1n) is 8.80. The molecule has 0 atom stereocenters. The van der Waals surface area contributed by atoms with Crippen molar-refractivity contribution in [3.63, 3.8) is 0 Å². The molecule has 3 heterocycles. The third kappa shape index (κ3) is 4.10. The molecule has 13 heteroatoms. The standard InChI is InChI=1S/C18H15ClN6O4S2/c1-24(31(28,29)16-7-6-14(19)30-16)9-15(26)23-12-4-2-3-5-13(12)25-17-11(8-22-25)18(27)21-10-20-17/h2-8,10H,9H2,1H3,(H,23,26)(H,20,21,27). The predicted octanol–water partition coefficient (Wildman–Crippen LogP) is 2.08. The van der Waals surface area contributed by atoms with Crippen LogP contribution < -0.4 is 10.9 Å². The van der Waals surface area contributed by atoms with Gasteiger partial charge >= 0.3 is 0 Å². The molecule has 0 fully saturated rings. The Morgan fingerprint density at radius 3 is 2.81 bits per heavy atom. The Bertz CT molecular complexity index is 1440. The zero-order valence-electron chi connectivity index (χ0n) is 15.9. The number of anilines is 1. The Morgan fingerprint density at radius 2 is 2.06 bits per heavy atom. The molecular formula is C18H15ClN6O4S2. The lowest BCUT2D eigenvalue weighted by atomic mass is 10.2. The molecule has 4 aromatic rings. The first-order valence-corrected chi connectivity index (χ1v) is 11.4. The van der Waals surface area contributed by atoms with E-state index < -0.39 is 22.5 Å². The van der Waals surface area contributed by atoms with Crippen LogP contribution in [0.1, 0.15) is 0 Å². The second kappa shape index (κ2) is 8.23. The number of nitrogens with one attached hydrogen (secondary N) is 2. The Balaban J connectivity index is 1.58. The zero-order valence-corrected chi connectivity index (χ0v) is 18.3. The van der Waals surface area contributed by atoms with Gasteiger partial charge in [0.2, 0.25) is 5.91 Å². The third-order valence-electron chi connectivity index (χ3n) is 4.36. The number of hydrogen-bond acceptors (Lipinski definition) is 7. The van der Waals surface area contributed by atoms with Crippen LogP contribution in [0.25, 0.3) is 16.7 Å². The van der Waals surface area contributed by atoms with Crippen molar-refractivity contribution in [2.24, 2.45) is 0 Å². The van der Waals surface area contributed by atoms with Gasteiger partial charge in [-0.15, -0.1) is 11.3 Å². The van der Waals surface area contributed by atoms with Crippen LogP contribution in [0.5, 0.6) is 0 Å². The number of carbonyl (C=O) groups is 1. The summed E-state index contributed by atoms with van der Waals surface area (Å²) in [6.45, 7) is -0.413. The van der Waals surface area contributed by atoms with Crippen LogP contribution in [0, 0.1) is 0 Å². The average Bonchev–Trinajstić information content (AvgIpc) is 3.36. The minimum absolute atomic E-state index is 0.0486. The number of nitrogens with zero attached hydrogens (tertiary/aromatic N) is 4. The highest BCUT2D eigenvalue weighted by Crippen LogP contribution is 2.28. The Morgan fingerprint density at radius 1 is 1.29 bits per heavy atom.